The molecule has 2 heterocycles. The van der Waals surface area contributed by atoms with E-state index in [1.165, 1.54) is 11.8 Å². The highest BCUT2D eigenvalue weighted by Crippen LogP contribution is 2.42. The molecule has 3 rings (SSSR count). The summed E-state index contributed by atoms with van der Waals surface area (Å²) in [4.78, 5) is 31.8. The van der Waals surface area contributed by atoms with Gasteiger partial charge in [-0.05, 0) is 57.5 Å². The van der Waals surface area contributed by atoms with Gasteiger partial charge in [0.15, 0.2) is 5.82 Å². The van der Waals surface area contributed by atoms with E-state index in [1.54, 1.807) is 4.90 Å². The van der Waals surface area contributed by atoms with E-state index in [0.29, 0.717) is 42.4 Å². The first kappa shape index (κ1) is 20.8. The van der Waals surface area contributed by atoms with Crippen molar-refractivity contribution in [3.63, 3.8) is 0 Å². The predicted octanol–water partition coefficient (Wildman–Crippen LogP) is 2.81. The van der Waals surface area contributed by atoms with Crippen LogP contribution in [-0.4, -0.2) is 50.8 Å². The lowest BCUT2D eigenvalue weighted by atomic mass is 9.88. The SMILES string of the molecule is CC(=O)N1c2ccc(-c3nc(CCN)no3)cc2[C@H](N(C(=O)O)C(C)C)C[C@@H]1C. The lowest BCUT2D eigenvalue weighted by molar-refractivity contribution is -0.117. The number of benzene rings is 1. The third-order valence-corrected chi connectivity index (χ3v) is 5.19. The van der Waals surface area contributed by atoms with E-state index in [1.807, 2.05) is 39.0 Å². The van der Waals surface area contributed by atoms with Gasteiger partial charge >= 0.3 is 6.09 Å². The van der Waals surface area contributed by atoms with Crippen LogP contribution in [0.4, 0.5) is 10.5 Å². The number of carboxylic acid groups (broad SMARTS) is 1. The van der Waals surface area contributed by atoms with Crippen LogP contribution < -0.4 is 10.6 Å². The summed E-state index contributed by atoms with van der Waals surface area (Å²) in [6, 6.07) is 4.74. The van der Waals surface area contributed by atoms with E-state index in [4.69, 9.17) is 10.3 Å². The Morgan fingerprint density at radius 1 is 1.41 bits per heavy atom. The maximum atomic E-state index is 12.3. The number of hydrogen-bond donors (Lipinski definition) is 2. The smallest absolute Gasteiger partial charge is 0.408 e. The monoisotopic (exact) mass is 401 g/mol. The summed E-state index contributed by atoms with van der Waals surface area (Å²) in [7, 11) is 0. The predicted molar refractivity (Wildman–Crippen MR) is 107 cm³/mol. The van der Waals surface area contributed by atoms with E-state index in [9.17, 15) is 14.7 Å². The Balaban J connectivity index is 2.12. The fourth-order valence-electron chi connectivity index (χ4n) is 4.03. The molecule has 0 spiro atoms. The molecule has 1 aromatic heterocycles. The standard InChI is InChI=1S/C20H27N5O4/c1-11(2)24(20(27)28)17-9-12(3)25(13(4)26)16-6-5-14(10-15(16)17)19-22-18(7-8-21)23-29-19/h5-6,10-12,17H,7-9,21H2,1-4H3,(H,27,28)/t12-,17+/m0/s1. The summed E-state index contributed by atoms with van der Waals surface area (Å²) in [5.74, 6) is 0.777. The second kappa shape index (κ2) is 8.20. The molecule has 9 heteroatoms. The number of rotatable bonds is 5. The molecule has 1 aliphatic heterocycles. The molecule has 0 aliphatic carbocycles. The van der Waals surface area contributed by atoms with Gasteiger partial charge in [-0.1, -0.05) is 5.16 Å². The lowest BCUT2D eigenvalue weighted by Crippen LogP contribution is -2.48. The minimum absolute atomic E-state index is 0.0839. The topological polar surface area (TPSA) is 126 Å². The molecule has 2 aromatic rings. The van der Waals surface area contributed by atoms with Gasteiger partial charge in [0.05, 0.1) is 6.04 Å². The van der Waals surface area contributed by atoms with Gasteiger partial charge in [0.2, 0.25) is 5.91 Å². The minimum Gasteiger partial charge on any atom is -0.465 e. The fourth-order valence-corrected chi connectivity index (χ4v) is 4.03. The molecular weight excluding hydrogens is 374 g/mol. The van der Waals surface area contributed by atoms with Crippen LogP contribution in [-0.2, 0) is 11.2 Å². The third kappa shape index (κ3) is 3.95. The number of amides is 2. The zero-order valence-electron chi connectivity index (χ0n) is 17.1. The Hall–Kier alpha value is -2.94. The van der Waals surface area contributed by atoms with E-state index in [-0.39, 0.29) is 24.0 Å². The number of carbonyl (C=O) groups excluding carboxylic acids is 1. The summed E-state index contributed by atoms with van der Waals surface area (Å²) in [5, 5.41) is 13.7. The molecule has 0 saturated carbocycles. The van der Waals surface area contributed by atoms with Crippen LogP contribution in [0.25, 0.3) is 11.5 Å². The number of nitrogens with two attached hydrogens (primary N) is 1. The number of nitrogens with zero attached hydrogens (tertiary/aromatic N) is 4. The van der Waals surface area contributed by atoms with Crippen molar-refractivity contribution in [2.24, 2.45) is 5.73 Å². The molecule has 29 heavy (non-hydrogen) atoms. The maximum Gasteiger partial charge on any atom is 0.408 e. The second-order valence-corrected chi connectivity index (χ2v) is 7.60. The minimum atomic E-state index is -0.993. The normalized spacial score (nSPS) is 18.6. The van der Waals surface area contributed by atoms with E-state index >= 15 is 0 Å². The first-order chi connectivity index (χ1) is 13.7. The van der Waals surface area contributed by atoms with Crippen molar-refractivity contribution in [3.8, 4) is 11.5 Å². The van der Waals surface area contributed by atoms with Crippen LogP contribution in [0.1, 0.15) is 51.5 Å². The number of anilines is 1. The molecule has 0 fully saturated rings. The molecule has 0 saturated heterocycles. The lowest BCUT2D eigenvalue weighted by Gasteiger charge is -2.43. The van der Waals surface area contributed by atoms with Crippen LogP contribution in [0.3, 0.4) is 0 Å². The van der Waals surface area contributed by atoms with Crippen molar-refractivity contribution in [3.05, 3.63) is 29.6 Å². The fraction of sp³-hybridized carbons (Fsp3) is 0.500. The number of fused-ring (bicyclic) bond motifs is 1. The second-order valence-electron chi connectivity index (χ2n) is 7.60. The maximum absolute atomic E-state index is 12.3. The van der Waals surface area contributed by atoms with E-state index in [2.05, 4.69) is 10.1 Å². The van der Waals surface area contributed by atoms with Gasteiger partial charge in [0.25, 0.3) is 5.89 Å². The summed E-state index contributed by atoms with van der Waals surface area (Å²) in [5.41, 5.74) is 7.68. The highest BCUT2D eigenvalue weighted by Gasteiger charge is 2.38. The van der Waals surface area contributed by atoms with Crippen LogP contribution in [0.15, 0.2) is 22.7 Å². The highest BCUT2D eigenvalue weighted by atomic mass is 16.5. The van der Waals surface area contributed by atoms with Crippen molar-refractivity contribution in [2.75, 3.05) is 11.4 Å². The van der Waals surface area contributed by atoms with Crippen LogP contribution in [0.5, 0.6) is 0 Å². The number of hydrogen-bond acceptors (Lipinski definition) is 6. The van der Waals surface area contributed by atoms with Gasteiger partial charge in [0.1, 0.15) is 0 Å². The Labute approximate surface area is 169 Å². The largest absolute Gasteiger partial charge is 0.465 e. The Morgan fingerprint density at radius 3 is 2.72 bits per heavy atom. The van der Waals surface area contributed by atoms with Crippen molar-refractivity contribution in [2.45, 2.75) is 58.7 Å². The zero-order chi connectivity index (χ0) is 21.3. The van der Waals surface area contributed by atoms with Gasteiger partial charge in [0, 0.05) is 36.7 Å². The summed E-state index contributed by atoms with van der Waals surface area (Å²) in [6.07, 6.45) is 0.0168. The molecule has 0 bridgehead atoms. The third-order valence-electron chi connectivity index (χ3n) is 5.19. The van der Waals surface area contributed by atoms with E-state index < -0.39 is 6.09 Å². The molecule has 2 amide bonds. The average Bonchev–Trinajstić information content (AvgIpc) is 3.09. The van der Waals surface area contributed by atoms with Crippen molar-refractivity contribution < 1.29 is 19.2 Å². The van der Waals surface area contributed by atoms with E-state index in [0.717, 1.165) is 5.56 Å². The van der Waals surface area contributed by atoms with Crippen molar-refractivity contribution in [1.82, 2.24) is 15.0 Å². The highest BCUT2D eigenvalue weighted by molar-refractivity contribution is 5.94. The molecule has 0 radical (unpaired) electrons. The average molecular weight is 401 g/mol. The summed E-state index contributed by atoms with van der Waals surface area (Å²) >= 11 is 0. The van der Waals surface area contributed by atoms with Gasteiger partial charge in [-0.3, -0.25) is 9.69 Å². The van der Waals surface area contributed by atoms with Crippen LogP contribution in [0, 0.1) is 0 Å². The van der Waals surface area contributed by atoms with Gasteiger partial charge in [-0.25, -0.2) is 4.79 Å². The first-order valence-electron chi connectivity index (χ1n) is 9.72. The van der Waals surface area contributed by atoms with Crippen molar-refractivity contribution in [1.29, 1.82) is 0 Å². The molecule has 0 unspecified atom stereocenters. The Morgan fingerprint density at radius 2 is 2.14 bits per heavy atom. The quantitative estimate of drug-likeness (QED) is 0.789. The van der Waals surface area contributed by atoms with Crippen LogP contribution >= 0.6 is 0 Å². The van der Waals surface area contributed by atoms with Gasteiger partial charge < -0.3 is 20.3 Å². The van der Waals surface area contributed by atoms with Crippen LogP contribution in [0.2, 0.25) is 0 Å². The molecule has 9 nitrogen and oxygen atoms in total. The summed E-state index contributed by atoms with van der Waals surface area (Å²) in [6.45, 7) is 7.55. The van der Waals surface area contributed by atoms with Crippen molar-refractivity contribution >= 4 is 17.7 Å². The molecule has 1 aromatic carbocycles. The molecule has 156 valence electrons. The zero-order valence-corrected chi connectivity index (χ0v) is 17.1. The number of aromatic nitrogens is 2. The van der Waals surface area contributed by atoms with Gasteiger partial charge in [-0.2, -0.15) is 4.98 Å². The number of carbonyl (C=O) groups is 2. The molecule has 3 N–H and O–H groups in total. The molecule has 1 aliphatic rings. The first-order valence-corrected chi connectivity index (χ1v) is 9.72. The molecular formula is C20H27N5O4. The Bertz CT molecular complexity index is 910. The Kier molecular flexibility index (Phi) is 5.88. The van der Waals surface area contributed by atoms with Gasteiger partial charge in [-0.15, -0.1) is 0 Å². The molecule has 2 atom stereocenters. The summed E-state index contributed by atoms with van der Waals surface area (Å²) < 4.78 is 5.35.